The number of carbonyl (C=O) groups is 10. The van der Waals surface area contributed by atoms with Crippen LogP contribution in [0.25, 0.3) is 18.2 Å². The molecule has 0 bridgehead atoms. The van der Waals surface area contributed by atoms with Crippen molar-refractivity contribution < 1.29 is 95.3 Å². The highest BCUT2D eigenvalue weighted by Crippen LogP contribution is 2.42. The molecule has 1 saturated carbocycles. The van der Waals surface area contributed by atoms with Crippen LogP contribution in [0.2, 0.25) is 0 Å². The SMILES string of the molecule is COC(=O)C1(C)C[C@@H](OC(=O)/C=C/c2ccc(OC(C)=O)c(OC(C)=O)c2)C(OC(=O)/C=C/c2ccc(OC(C)=O)c(OC(C)=O)c2)[C@H](OC(=O)/C=C/c2ccc(OC(C)=O)c(OC(C)=O)c2)C1. The summed E-state index contributed by atoms with van der Waals surface area (Å²) in [7, 11) is 1.12. The lowest BCUT2D eigenvalue weighted by atomic mass is 9.71. The molecule has 1 fully saturated rings. The molecule has 1 aliphatic carbocycles. The van der Waals surface area contributed by atoms with Crippen LogP contribution in [0.4, 0.5) is 0 Å². The van der Waals surface area contributed by atoms with Gasteiger partial charge in [-0.1, -0.05) is 18.2 Å². The van der Waals surface area contributed by atoms with Crippen molar-refractivity contribution in [3.05, 3.63) is 89.5 Å². The molecule has 3 aromatic rings. The molecule has 0 amide bonds. The van der Waals surface area contributed by atoms with Crippen LogP contribution in [-0.4, -0.2) is 85.1 Å². The van der Waals surface area contributed by atoms with Crippen molar-refractivity contribution in [3.8, 4) is 34.5 Å². The summed E-state index contributed by atoms with van der Waals surface area (Å²) in [5.74, 6) is -8.76. The molecule has 0 heterocycles. The van der Waals surface area contributed by atoms with Crippen molar-refractivity contribution in [2.24, 2.45) is 5.41 Å². The summed E-state index contributed by atoms with van der Waals surface area (Å²) < 4.78 is 53.2. The Balaban J connectivity index is 1.71. The van der Waals surface area contributed by atoms with Gasteiger partial charge in [0.15, 0.2) is 40.6 Å². The third-order valence-electron chi connectivity index (χ3n) is 9.16. The fraction of sp³-hybridized carbons (Fsp3) is 0.292. The zero-order valence-corrected chi connectivity index (χ0v) is 38.0. The number of hydrogen-bond acceptors (Lipinski definition) is 20. The van der Waals surface area contributed by atoms with E-state index in [0.29, 0.717) is 0 Å². The van der Waals surface area contributed by atoms with Crippen molar-refractivity contribution in [3.63, 3.8) is 0 Å². The van der Waals surface area contributed by atoms with E-state index in [1.165, 1.54) is 79.7 Å². The number of ether oxygens (including phenoxy) is 10. The van der Waals surface area contributed by atoms with Crippen LogP contribution in [0.5, 0.6) is 34.5 Å². The second kappa shape index (κ2) is 23.7. The van der Waals surface area contributed by atoms with Gasteiger partial charge in [-0.3, -0.25) is 33.6 Å². The minimum absolute atomic E-state index is 0.0707. The van der Waals surface area contributed by atoms with E-state index in [9.17, 15) is 47.9 Å². The summed E-state index contributed by atoms with van der Waals surface area (Å²) in [4.78, 5) is 124. The molecule has 20 nitrogen and oxygen atoms in total. The maximum atomic E-state index is 13.6. The second-order valence-corrected chi connectivity index (χ2v) is 15.0. The first kappa shape index (κ1) is 52.2. The summed E-state index contributed by atoms with van der Waals surface area (Å²) in [5, 5.41) is 0. The zero-order valence-electron chi connectivity index (χ0n) is 38.0. The fourth-order valence-electron chi connectivity index (χ4n) is 6.57. The van der Waals surface area contributed by atoms with E-state index in [-0.39, 0.29) is 64.0 Å². The lowest BCUT2D eigenvalue weighted by Crippen LogP contribution is -2.55. The zero-order chi connectivity index (χ0) is 50.3. The van der Waals surface area contributed by atoms with Crippen LogP contribution >= 0.6 is 0 Å². The van der Waals surface area contributed by atoms with E-state index in [2.05, 4.69) is 0 Å². The molecule has 20 heteroatoms. The molecule has 0 unspecified atom stereocenters. The number of carbonyl (C=O) groups excluding carboxylic acids is 10. The van der Waals surface area contributed by atoms with Gasteiger partial charge < -0.3 is 47.4 Å². The summed E-state index contributed by atoms with van der Waals surface area (Å²) in [6.45, 7) is 8.29. The van der Waals surface area contributed by atoms with Gasteiger partial charge in [0.25, 0.3) is 0 Å². The monoisotopic (exact) mass is 942 g/mol. The van der Waals surface area contributed by atoms with Gasteiger partial charge in [0.1, 0.15) is 12.2 Å². The minimum atomic E-state index is -1.58. The molecule has 68 heavy (non-hydrogen) atoms. The first-order valence-corrected chi connectivity index (χ1v) is 20.3. The van der Waals surface area contributed by atoms with Gasteiger partial charge in [-0.2, -0.15) is 0 Å². The van der Waals surface area contributed by atoms with Crippen molar-refractivity contribution in [2.75, 3.05) is 7.11 Å². The molecule has 0 aromatic heterocycles. The van der Waals surface area contributed by atoms with E-state index in [4.69, 9.17) is 47.4 Å². The third-order valence-corrected chi connectivity index (χ3v) is 9.16. The predicted octanol–water partition coefficient (Wildman–Crippen LogP) is 5.39. The number of rotatable bonds is 16. The van der Waals surface area contributed by atoms with Crippen LogP contribution in [0, 0.1) is 5.41 Å². The molecule has 358 valence electrons. The number of benzene rings is 3. The van der Waals surface area contributed by atoms with Crippen LogP contribution < -0.4 is 28.4 Å². The lowest BCUT2D eigenvalue weighted by Gasteiger charge is -2.43. The Morgan fingerprint density at radius 1 is 0.441 bits per heavy atom. The average molecular weight is 943 g/mol. The Kier molecular flexibility index (Phi) is 18.2. The molecule has 0 N–H and O–H groups in total. The van der Waals surface area contributed by atoms with Gasteiger partial charge in [0.05, 0.1) is 12.5 Å². The molecule has 4 rings (SSSR count). The molecular weight excluding hydrogens is 897 g/mol. The topological polar surface area (TPSA) is 263 Å². The molecule has 2 atom stereocenters. The van der Waals surface area contributed by atoms with Gasteiger partial charge in [0, 0.05) is 72.6 Å². The Bertz CT molecular complexity index is 2470. The van der Waals surface area contributed by atoms with Crippen LogP contribution in [0.15, 0.2) is 72.8 Å². The van der Waals surface area contributed by atoms with E-state index < -0.39 is 83.4 Å². The van der Waals surface area contributed by atoms with E-state index in [1.807, 2.05) is 0 Å². The Morgan fingerprint density at radius 2 is 0.721 bits per heavy atom. The number of methoxy groups -OCH3 is 1. The maximum absolute atomic E-state index is 13.6. The largest absolute Gasteiger partial charge is 0.469 e. The maximum Gasteiger partial charge on any atom is 0.331 e. The second-order valence-electron chi connectivity index (χ2n) is 15.0. The summed E-state index contributed by atoms with van der Waals surface area (Å²) >= 11 is 0. The third kappa shape index (κ3) is 15.9. The molecule has 0 spiro atoms. The number of hydrogen-bond donors (Lipinski definition) is 0. The van der Waals surface area contributed by atoms with Crippen molar-refractivity contribution in [2.45, 2.75) is 79.6 Å². The van der Waals surface area contributed by atoms with Crippen molar-refractivity contribution in [1.82, 2.24) is 0 Å². The van der Waals surface area contributed by atoms with Crippen LogP contribution in [0.1, 0.15) is 78.0 Å². The minimum Gasteiger partial charge on any atom is -0.469 e. The normalized spacial score (nSPS) is 17.6. The first-order chi connectivity index (χ1) is 32.0. The van der Waals surface area contributed by atoms with Crippen LogP contribution in [-0.2, 0) is 66.9 Å². The van der Waals surface area contributed by atoms with E-state index >= 15 is 0 Å². The molecular formula is C48H46O20. The van der Waals surface area contributed by atoms with Crippen LogP contribution in [0.3, 0.4) is 0 Å². The standard InChI is InChI=1S/C48H46O20/c1-26(49)60-35-15-9-32(21-38(35)63-29(4)52)12-18-43(55)66-41-24-48(7,47(58)59-8)25-42(67-44(56)19-13-33-10-16-36(61-27(2)50)39(22-33)64-30(5)53)46(41)68-45(57)20-14-34-11-17-37(62-28(3)51)40(23-34)65-31(6)54/h9-23,41-42,46H,24-25H2,1-8H3/b18-12+,19-13+,20-14+/t41-,42-,46?,48?/m1/s1. The summed E-state index contributed by atoms with van der Waals surface area (Å²) in [6, 6.07) is 12.2. The van der Waals surface area contributed by atoms with E-state index in [1.54, 1.807) is 0 Å². The highest BCUT2D eigenvalue weighted by atomic mass is 16.6. The fourth-order valence-corrected chi connectivity index (χ4v) is 6.57. The Hall–Kier alpha value is -8.42. The highest BCUT2D eigenvalue weighted by Gasteiger charge is 2.53. The molecule has 1 aliphatic rings. The Morgan fingerprint density at radius 3 is 1.00 bits per heavy atom. The highest BCUT2D eigenvalue weighted by molar-refractivity contribution is 5.90. The van der Waals surface area contributed by atoms with Gasteiger partial charge in [0.2, 0.25) is 0 Å². The van der Waals surface area contributed by atoms with Crippen molar-refractivity contribution in [1.29, 1.82) is 0 Å². The lowest BCUT2D eigenvalue weighted by molar-refractivity contribution is -0.200. The number of esters is 10. The first-order valence-electron chi connectivity index (χ1n) is 20.3. The van der Waals surface area contributed by atoms with Crippen molar-refractivity contribution >= 4 is 77.9 Å². The Labute approximate surface area is 388 Å². The van der Waals surface area contributed by atoms with Gasteiger partial charge in [-0.05, 0) is 78.2 Å². The smallest absolute Gasteiger partial charge is 0.331 e. The predicted molar refractivity (Wildman–Crippen MR) is 233 cm³/mol. The summed E-state index contributed by atoms with van der Waals surface area (Å²) in [6.07, 6.45) is 1.51. The molecule has 0 radical (unpaired) electrons. The van der Waals surface area contributed by atoms with Gasteiger partial charge in [-0.15, -0.1) is 0 Å². The molecule has 0 saturated heterocycles. The molecule has 3 aromatic carbocycles. The average Bonchev–Trinajstić information content (AvgIpc) is 3.23. The molecule has 0 aliphatic heterocycles. The quantitative estimate of drug-likeness (QED) is 0.0754. The summed E-state index contributed by atoms with van der Waals surface area (Å²) in [5.41, 5.74) is -0.678. The van der Waals surface area contributed by atoms with Gasteiger partial charge >= 0.3 is 59.7 Å². The van der Waals surface area contributed by atoms with E-state index in [0.717, 1.165) is 66.9 Å². The van der Waals surface area contributed by atoms with Gasteiger partial charge in [-0.25, -0.2) is 14.4 Å².